The molecule has 0 aliphatic carbocycles. The monoisotopic (exact) mass is 292 g/mol. The zero-order valence-corrected chi connectivity index (χ0v) is 13.1. The van der Waals surface area contributed by atoms with E-state index in [4.69, 9.17) is 4.74 Å². The van der Waals surface area contributed by atoms with Crippen molar-refractivity contribution in [3.05, 3.63) is 65.2 Å². The van der Waals surface area contributed by atoms with Crippen LogP contribution in [0.3, 0.4) is 0 Å². The Morgan fingerprint density at radius 2 is 1.82 bits per heavy atom. The molecule has 0 radical (unpaired) electrons. The van der Waals surface area contributed by atoms with Crippen molar-refractivity contribution >= 4 is 5.78 Å². The Bertz CT molecular complexity index is 688. The number of carbonyl (C=O) groups is 1. The minimum Gasteiger partial charge on any atom is -0.496 e. The maximum absolute atomic E-state index is 12.2. The minimum atomic E-state index is -0.229. The second-order valence-electron chi connectivity index (χ2n) is 5.08. The number of Topliss-reactive ketones (excluding diaryl/α,β-unsaturated/α-hetero) is 1. The van der Waals surface area contributed by atoms with Gasteiger partial charge >= 0.3 is 0 Å². The van der Waals surface area contributed by atoms with E-state index in [0.29, 0.717) is 11.3 Å². The number of ketones is 1. The lowest BCUT2D eigenvalue weighted by Crippen LogP contribution is -1.99. The Labute approximate surface area is 132 Å². The van der Waals surface area contributed by atoms with Crippen LogP contribution in [-0.4, -0.2) is 12.9 Å². The molecule has 0 heterocycles. The second-order valence-corrected chi connectivity index (χ2v) is 5.08. The van der Waals surface area contributed by atoms with Crippen LogP contribution in [0.2, 0.25) is 0 Å². The number of hydrogen-bond acceptors (Lipinski definition) is 2. The van der Waals surface area contributed by atoms with Gasteiger partial charge in [-0.05, 0) is 48.6 Å². The van der Waals surface area contributed by atoms with Gasteiger partial charge in [0.15, 0.2) is 0 Å². The highest BCUT2D eigenvalue weighted by molar-refractivity contribution is 6.11. The van der Waals surface area contributed by atoms with Crippen molar-refractivity contribution in [2.75, 3.05) is 7.11 Å². The topological polar surface area (TPSA) is 26.3 Å². The van der Waals surface area contributed by atoms with Crippen LogP contribution in [0, 0.1) is 11.8 Å². The molecular weight excluding hydrogens is 272 g/mol. The van der Waals surface area contributed by atoms with Crippen LogP contribution < -0.4 is 4.74 Å². The van der Waals surface area contributed by atoms with Crippen LogP contribution in [0.4, 0.5) is 0 Å². The van der Waals surface area contributed by atoms with Crippen molar-refractivity contribution in [1.82, 2.24) is 0 Å². The maximum atomic E-state index is 12.2. The average molecular weight is 292 g/mol. The van der Waals surface area contributed by atoms with E-state index in [0.717, 1.165) is 12.0 Å². The molecule has 0 bridgehead atoms. The fraction of sp³-hybridized carbons (Fsp3) is 0.250. The van der Waals surface area contributed by atoms with E-state index in [9.17, 15) is 4.79 Å². The van der Waals surface area contributed by atoms with Gasteiger partial charge in [0, 0.05) is 5.56 Å². The van der Waals surface area contributed by atoms with Crippen molar-refractivity contribution < 1.29 is 9.53 Å². The highest BCUT2D eigenvalue weighted by Crippen LogP contribution is 2.17. The van der Waals surface area contributed by atoms with Crippen LogP contribution in [-0.2, 0) is 6.42 Å². The maximum Gasteiger partial charge on any atom is 0.239 e. The van der Waals surface area contributed by atoms with E-state index in [2.05, 4.69) is 30.9 Å². The fourth-order valence-electron chi connectivity index (χ4n) is 2.16. The summed E-state index contributed by atoms with van der Waals surface area (Å²) in [7, 11) is 1.55. The molecule has 0 unspecified atom stereocenters. The predicted octanol–water partition coefficient (Wildman–Crippen LogP) is 4.27. The summed E-state index contributed by atoms with van der Waals surface area (Å²) in [4.78, 5) is 12.2. The molecule has 2 aromatic rings. The van der Waals surface area contributed by atoms with Gasteiger partial charge in [-0.1, -0.05) is 43.5 Å². The first-order valence-electron chi connectivity index (χ1n) is 7.53. The molecule has 2 heteroatoms. The average Bonchev–Trinajstić information content (AvgIpc) is 2.58. The van der Waals surface area contributed by atoms with Gasteiger partial charge in [0.05, 0.1) is 12.7 Å². The zero-order chi connectivity index (χ0) is 15.8. The molecule has 0 aliphatic heterocycles. The molecule has 112 valence electrons. The molecule has 2 aromatic carbocycles. The Balaban J connectivity index is 2.11. The van der Waals surface area contributed by atoms with Crippen molar-refractivity contribution in [3.8, 4) is 17.6 Å². The lowest BCUT2D eigenvalue weighted by atomic mass is 10.1. The Kier molecular flexibility index (Phi) is 5.80. The number of hydrogen-bond donors (Lipinski definition) is 0. The van der Waals surface area contributed by atoms with Gasteiger partial charge in [0.25, 0.3) is 0 Å². The van der Waals surface area contributed by atoms with Crippen molar-refractivity contribution in [3.63, 3.8) is 0 Å². The first-order valence-corrected chi connectivity index (χ1v) is 7.53. The van der Waals surface area contributed by atoms with E-state index < -0.39 is 0 Å². The molecule has 2 nitrogen and oxygen atoms in total. The summed E-state index contributed by atoms with van der Waals surface area (Å²) in [6, 6.07) is 15.2. The third-order valence-corrected chi connectivity index (χ3v) is 3.44. The fourth-order valence-corrected chi connectivity index (χ4v) is 2.16. The van der Waals surface area contributed by atoms with Crippen LogP contribution in [0.5, 0.6) is 5.75 Å². The van der Waals surface area contributed by atoms with Crippen LogP contribution in [0.25, 0.3) is 0 Å². The van der Waals surface area contributed by atoms with Crippen LogP contribution in [0.1, 0.15) is 41.3 Å². The summed E-state index contributed by atoms with van der Waals surface area (Å²) in [5.74, 6) is 5.93. The molecule has 0 saturated heterocycles. The smallest absolute Gasteiger partial charge is 0.239 e. The molecule has 0 aromatic heterocycles. The van der Waals surface area contributed by atoms with Gasteiger partial charge in [-0.15, -0.1) is 0 Å². The lowest BCUT2D eigenvalue weighted by Gasteiger charge is -2.03. The highest BCUT2D eigenvalue weighted by Gasteiger charge is 2.08. The molecule has 0 amide bonds. The Hall–Kier alpha value is -2.53. The summed E-state index contributed by atoms with van der Waals surface area (Å²) in [6.07, 6.45) is 3.47. The van der Waals surface area contributed by atoms with Gasteiger partial charge in [-0.25, -0.2) is 0 Å². The van der Waals surface area contributed by atoms with Gasteiger partial charge in [0.1, 0.15) is 5.75 Å². The highest BCUT2D eigenvalue weighted by atomic mass is 16.5. The normalized spacial score (nSPS) is 9.73. The number of benzene rings is 2. The number of ether oxygens (including phenoxy) is 1. The van der Waals surface area contributed by atoms with Crippen molar-refractivity contribution in [2.45, 2.75) is 26.2 Å². The standard InChI is InChI=1S/C20H20O2/c1-3-4-7-16-10-12-17(13-11-16)14-15-19(21)18-8-5-6-9-20(18)22-2/h5-6,8-13H,3-4,7H2,1-2H3. The Morgan fingerprint density at radius 3 is 2.50 bits per heavy atom. The largest absolute Gasteiger partial charge is 0.496 e. The predicted molar refractivity (Wildman–Crippen MR) is 89.3 cm³/mol. The van der Waals surface area contributed by atoms with Crippen molar-refractivity contribution in [1.29, 1.82) is 0 Å². The molecule has 0 atom stereocenters. The van der Waals surface area contributed by atoms with E-state index in [1.807, 2.05) is 18.2 Å². The number of aryl methyl sites for hydroxylation is 1. The first kappa shape index (κ1) is 15.9. The van der Waals surface area contributed by atoms with E-state index >= 15 is 0 Å². The van der Waals surface area contributed by atoms with E-state index in [-0.39, 0.29) is 5.78 Å². The molecule has 22 heavy (non-hydrogen) atoms. The number of carbonyl (C=O) groups excluding carboxylic acids is 1. The summed E-state index contributed by atoms with van der Waals surface area (Å²) >= 11 is 0. The summed E-state index contributed by atoms with van der Waals surface area (Å²) in [5, 5.41) is 0. The number of unbranched alkanes of at least 4 members (excludes halogenated alkanes) is 1. The second kappa shape index (κ2) is 8.05. The van der Waals surface area contributed by atoms with Gasteiger partial charge in [-0.3, -0.25) is 4.79 Å². The van der Waals surface area contributed by atoms with Gasteiger partial charge in [-0.2, -0.15) is 0 Å². The molecule has 0 N–H and O–H groups in total. The molecule has 0 fully saturated rings. The third-order valence-electron chi connectivity index (χ3n) is 3.44. The molecule has 2 rings (SSSR count). The lowest BCUT2D eigenvalue weighted by molar-refractivity contribution is 0.105. The molecule has 0 aliphatic rings. The third kappa shape index (κ3) is 4.23. The number of methoxy groups -OCH3 is 1. The van der Waals surface area contributed by atoms with Gasteiger partial charge in [0.2, 0.25) is 5.78 Å². The summed E-state index contributed by atoms with van der Waals surface area (Å²) in [5.41, 5.74) is 2.66. The first-order chi connectivity index (χ1) is 10.7. The number of rotatable bonds is 5. The SMILES string of the molecule is CCCCc1ccc(C#CC(=O)c2ccccc2OC)cc1. The zero-order valence-electron chi connectivity index (χ0n) is 13.1. The van der Waals surface area contributed by atoms with E-state index in [1.54, 1.807) is 25.3 Å². The summed E-state index contributed by atoms with van der Waals surface area (Å²) in [6.45, 7) is 2.18. The summed E-state index contributed by atoms with van der Waals surface area (Å²) < 4.78 is 5.18. The Morgan fingerprint density at radius 1 is 1.09 bits per heavy atom. The minimum absolute atomic E-state index is 0.229. The van der Waals surface area contributed by atoms with Crippen LogP contribution in [0.15, 0.2) is 48.5 Å². The van der Waals surface area contributed by atoms with Crippen LogP contribution >= 0.6 is 0 Å². The van der Waals surface area contributed by atoms with Crippen molar-refractivity contribution in [2.24, 2.45) is 0 Å². The van der Waals surface area contributed by atoms with E-state index in [1.165, 1.54) is 18.4 Å². The quantitative estimate of drug-likeness (QED) is 0.607. The molecular formula is C20H20O2. The molecule has 0 spiro atoms. The van der Waals surface area contributed by atoms with Gasteiger partial charge < -0.3 is 4.74 Å². The molecule has 0 saturated carbocycles. The number of para-hydroxylation sites is 1.